The molecule has 0 amide bonds. The Hall–Kier alpha value is -3.47. The molecule has 1 aliphatic heterocycles. The number of aromatic amines is 1. The zero-order valence-corrected chi connectivity index (χ0v) is 17.3. The molecule has 5 heteroatoms. The van der Waals surface area contributed by atoms with Gasteiger partial charge in [-0.25, -0.2) is 9.37 Å². The number of H-pyrrole nitrogens is 1. The number of pyridine rings is 1. The first-order valence-electron chi connectivity index (χ1n) is 10.8. The van der Waals surface area contributed by atoms with Crippen LogP contribution in [0.3, 0.4) is 0 Å². The monoisotopic (exact) mass is 412 g/mol. The van der Waals surface area contributed by atoms with Gasteiger partial charge in [0.15, 0.2) is 0 Å². The van der Waals surface area contributed by atoms with Gasteiger partial charge >= 0.3 is 0 Å². The van der Waals surface area contributed by atoms with Crippen LogP contribution in [0.5, 0.6) is 0 Å². The van der Waals surface area contributed by atoms with Gasteiger partial charge in [0.25, 0.3) is 0 Å². The molecular weight excluding hydrogens is 387 g/mol. The highest BCUT2D eigenvalue weighted by molar-refractivity contribution is 5.78. The largest absolute Gasteiger partial charge is 0.342 e. The van der Waals surface area contributed by atoms with Crippen molar-refractivity contribution in [3.63, 3.8) is 0 Å². The lowest BCUT2D eigenvalue weighted by Gasteiger charge is -2.31. The highest BCUT2D eigenvalue weighted by atomic mass is 19.1. The molecule has 0 aliphatic carbocycles. The Morgan fingerprint density at radius 2 is 1.65 bits per heavy atom. The molecule has 5 rings (SSSR count). The second kappa shape index (κ2) is 8.72. The number of nitrogens with zero attached hydrogens (tertiary/aromatic N) is 3. The molecule has 2 aromatic heterocycles. The third-order valence-corrected chi connectivity index (χ3v) is 6.01. The van der Waals surface area contributed by atoms with Crippen molar-refractivity contribution in [3.8, 4) is 22.6 Å². The average molecular weight is 413 g/mol. The molecule has 156 valence electrons. The molecule has 31 heavy (non-hydrogen) atoms. The van der Waals surface area contributed by atoms with E-state index >= 15 is 0 Å². The maximum absolute atomic E-state index is 13.5. The van der Waals surface area contributed by atoms with Crippen LogP contribution in [0.15, 0.2) is 79.0 Å². The van der Waals surface area contributed by atoms with Gasteiger partial charge in [-0.15, -0.1) is 0 Å². The van der Waals surface area contributed by atoms with Crippen molar-refractivity contribution >= 4 is 5.95 Å². The van der Waals surface area contributed by atoms with E-state index in [1.54, 1.807) is 18.3 Å². The fourth-order valence-corrected chi connectivity index (χ4v) is 4.32. The minimum Gasteiger partial charge on any atom is -0.342 e. The number of aromatic nitrogens is 3. The summed E-state index contributed by atoms with van der Waals surface area (Å²) in [6.07, 6.45) is 5.19. The van der Waals surface area contributed by atoms with Gasteiger partial charge in [0.2, 0.25) is 5.95 Å². The lowest BCUT2D eigenvalue weighted by molar-refractivity contribution is 0.401. The van der Waals surface area contributed by atoms with Crippen LogP contribution < -0.4 is 4.90 Å². The molecule has 4 aromatic rings. The zero-order valence-electron chi connectivity index (χ0n) is 17.3. The van der Waals surface area contributed by atoms with E-state index in [1.165, 1.54) is 17.7 Å². The number of rotatable bonds is 5. The molecule has 0 saturated carbocycles. The molecule has 1 N–H and O–H groups in total. The summed E-state index contributed by atoms with van der Waals surface area (Å²) in [5.74, 6) is 1.30. The molecular formula is C26H25FN4. The smallest absolute Gasteiger partial charge is 0.203 e. The van der Waals surface area contributed by atoms with Crippen LogP contribution in [0.2, 0.25) is 0 Å². The quantitative estimate of drug-likeness (QED) is 0.455. The first kappa shape index (κ1) is 19.5. The summed E-state index contributed by atoms with van der Waals surface area (Å²) in [4.78, 5) is 15.3. The van der Waals surface area contributed by atoms with Crippen LogP contribution in [0.25, 0.3) is 22.6 Å². The van der Waals surface area contributed by atoms with E-state index in [-0.39, 0.29) is 5.82 Å². The summed E-state index contributed by atoms with van der Waals surface area (Å²) >= 11 is 0. The highest BCUT2D eigenvalue weighted by Gasteiger charge is 2.24. The van der Waals surface area contributed by atoms with Gasteiger partial charge in [0.1, 0.15) is 5.82 Å². The number of hydrogen-bond acceptors (Lipinski definition) is 3. The molecule has 1 fully saturated rings. The minimum atomic E-state index is -0.251. The number of hydrogen-bond donors (Lipinski definition) is 1. The van der Waals surface area contributed by atoms with Gasteiger partial charge < -0.3 is 9.88 Å². The first-order valence-corrected chi connectivity index (χ1v) is 10.8. The summed E-state index contributed by atoms with van der Waals surface area (Å²) in [6, 6.07) is 23.1. The average Bonchev–Trinajstić information content (AvgIpc) is 3.27. The van der Waals surface area contributed by atoms with E-state index < -0.39 is 0 Å². The Labute approximate surface area is 181 Å². The van der Waals surface area contributed by atoms with Crippen molar-refractivity contribution in [2.24, 2.45) is 5.92 Å². The molecule has 0 spiro atoms. The predicted octanol–water partition coefficient (Wildman–Crippen LogP) is 5.74. The second-order valence-corrected chi connectivity index (χ2v) is 8.13. The molecule has 0 atom stereocenters. The zero-order chi connectivity index (χ0) is 21.0. The van der Waals surface area contributed by atoms with Crippen LogP contribution in [-0.2, 0) is 6.42 Å². The minimum absolute atomic E-state index is 0.251. The van der Waals surface area contributed by atoms with Gasteiger partial charge in [0, 0.05) is 24.8 Å². The summed E-state index contributed by atoms with van der Waals surface area (Å²) in [5.41, 5.74) is 4.80. The summed E-state index contributed by atoms with van der Waals surface area (Å²) in [7, 11) is 0. The fraction of sp³-hybridized carbons (Fsp3) is 0.231. The van der Waals surface area contributed by atoms with E-state index in [0.717, 1.165) is 60.9 Å². The maximum atomic E-state index is 13.5. The third-order valence-electron chi connectivity index (χ3n) is 6.01. The second-order valence-electron chi connectivity index (χ2n) is 8.13. The molecule has 0 radical (unpaired) electrons. The summed E-state index contributed by atoms with van der Waals surface area (Å²) in [5, 5.41) is 0. The van der Waals surface area contributed by atoms with Gasteiger partial charge in [-0.05, 0) is 67.1 Å². The lowest BCUT2D eigenvalue weighted by atomic mass is 9.90. The SMILES string of the molecule is Fc1ccc(-c2nc(N3CCC(Cc4ccccc4)CC3)[nH]c2-c2ccccn2)cc1. The molecule has 2 aromatic carbocycles. The Morgan fingerprint density at radius 3 is 2.35 bits per heavy atom. The number of benzene rings is 2. The van der Waals surface area contributed by atoms with Crippen LogP contribution in [0.4, 0.5) is 10.3 Å². The van der Waals surface area contributed by atoms with Crippen LogP contribution in [-0.4, -0.2) is 28.0 Å². The van der Waals surface area contributed by atoms with Gasteiger partial charge in [0.05, 0.1) is 17.1 Å². The summed E-state index contributed by atoms with van der Waals surface area (Å²) in [6.45, 7) is 1.94. The highest BCUT2D eigenvalue weighted by Crippen LogP contribution is 2.33. The molecule has 3 heterocycles. The van der Waals surface area contributed by atoms with Crippen molar-refractivity contribution in [3.05, 3.63) is 90.4 Å². The van der Waals surface area contributed by atoms with Crippen molar-refractivity contribution < 1.29 is 4.39 Å². The standard InChI is InChI=1S/C26H25FN4/c27-22-11-9-21(10-12-22)24-25(23-8-4-5-15-28-23)30-26(29-24)31-16-13-20(14-17-31)18-19-6-2-1-3-7-19/h1-12,15,20H,13-14,16-18H2,(H,29,30). The number of nitrogens with one attached hydrogen (secondary N) is 1. The molecule has 0 bridgehead atoms. The van der Waals surface area contributed by atoms with Crippen molar-refractivity contribution in [2.75, 3.05) is 18.0 Å². The molecule has 1 saturated heterocycles. The number of piperidine rings is 1. The van der Waals surface area contributed by atoms with Crippen LogP contribution in [0.1, 0.15) is 18.4 Å². The van der Waals surface area contributed by atoms with Crippen molar-refractivity contribution in [1.29, 1.82) is 0 Å². The van der Waals surface area contributed by atoms with Gasteiger partial charge in [-0.2, -0.15) is 0 Å². The molecule has 4 nitrogen and oxygen atoms in total. The van der Waals surface area contributed by atoms with Crippen molar-refractivity contribution in [1.82, 2.24) is 15.0 Å². The predicted molar refractivity (Wildman–Crippen MR) is 122 cm³/mol. The molecule has 1 aliphatic rings. The van der Waals surface area contributed by atoms with E-state index in [1.807, 2.05) is 18.2 Å². The first-order chi connectivity index (χ1) is 15.3. The number of imidazole rings is 1. The Bertz CT molecular complexity index is 1120. The van der Waals surface area contributed by atoms with Gasteiger partial charge in [-0.1, -0.05) is 36.4 Å². The van der Waals surface area contributed by atoms with Crippen LogP contribution in [0, 0.1) is 11.7 Å². The van der Waals surface area contributed by atoms with E-state index in [0.29, 0.717) is 5.92 Å². The van der Waals surface area contributed by atoms with E-state index in [2.05, 4.69) is 45.2 Å². The Kier molecular flexibility index (Phi) is 5.48. The molecule has 0 unspecified atom stereocenters. The van der Waals surface area contributed by atoms with E-state index in [9.17, 15) is 4.39 Å². The lowest BCUT2D eigenvalue weighted by Crippen LogP contribution is -2.35. The number of anilines is 1. The topological polar surface area (TPSA) is 44.8 Å². The maximum Gasteiger partial charge on any atom is 0.203 e. The Balaban J connectivity index is 1.38. The number of halogens is 1. The van der Waals surface area contributed by atoms with Crippen molar-refractivity contribution in [2.45, 2.75) is 19.3 Å². The normalized spacial score (nSPS) is 14.7. The van der Waals surface area contributed by atoms with Crippen LogP contribution >= 0.6 is 0 Å². The third kappa shape index (κ3) is 4.36. The fourth-order valence-electron chi connectivity index (χ4n) is 4.32. The summed E-state index contributed by atoms with van der Waals surface area (Å²) < 4.78 is 13.5. The van der Waals surface area contributed by atoms with Gasteiger partial charge in [-0.3, -0.25) is 4.98 Å². The van der Waals surface area contributed by atoms with E-state index in [4.69, 9.17) is 4.98 Å². The Morgan fingerprint density at radius 1 is 0.903 bits per heavy atom.